The Morgan fingerprint density at radius 1 is 1.06 bits per heavy atom. The smallest absolute Gasteiger partial charge is 0.242 e. The molecule has 0 saturated carbocycles. The second-order valence-electron chi connectivity index (χ2n) is 8.17. The molecule has 0 bridgehead atoms. The van der Waals surface area contributed by atoms with Gasteiger partial charge in [-0.15, -0.1) is 0 Å². The number of carbonyl (C=O) groups excluding carboxylic acids is 2. The molecule has 0 heterocycles. The Bertz CT molecular complexity index is 801. The molecule has 1 aromatic carbocycles. The van der Waals surface area contributed by atoms with Gasteiger partial charge in [0, 0.05) is 13.1 Å². The lowest BCUT2D eigenvalue weighted by Crippen LogP contribution is -2.55. The van der Waals surface area contributed by atoms with Crippen molar-refractivity contribution in [2.45, 2.75) is 45.4 Å². The molecule has 0 spiro atoms. The summed E-state index contributed by atoms with van der Waals surface area (Å²) in [6.45, 7) is 5.53. The van der Waals surface area contributed by atoms with E-state index >= 15 is 0 Å². The molecular formula is C21H36N4O5S. The van der Waals surface area contributed by atoms with Crippen molar-refractivity contribution in [2.75, 3.05) is 32.9 Å². The van der Waals surface area contributed by atoms with Gasteiger partial charge in [-0.1, -0.05) is 44.2 Å². The summed E-state index contributed by atoms with van der Waals surface area (Å²) in [5, 5.41) is 19.0. The van der Waals surface area contributed by atoms with Crippen molar-refractivity contribution in [1.82, 2.24) is 20.3 Å². The van der Waals surface area contributed by atoms with E-state index in [0.717, 1.165) is 11.8 Å². The Morgan fingerprint density at radius 3 is 2.19 bits per heavy atom. The molecule has 1 rings (SSSR count). The van der Waals surface area contributed by atoms with Crippen LogP contribution in [0.15, 0.2) is 30.3 Å². The SMILES string of the molecule is CNCC(=O)NC(C)C(=O)NC(Cc1ccccc1)[C@H](O)CN(CC(C)C)S(C)(=O)=O. The van der Waals surface area contributed by atoms with Gasteiger partial charge in [-0.25, -0.2) is 8.42 Å². The van der Waals surface area contributed by atoms with Gasteiger partial charge in [0.05, 0.1) is 24.9 Å². The Morgan fingerprint density at radius 2 is 1.68 bits per heavy atom. The summed E-state index contributed by atoms with van der Waals surface area (Å²) in [5.74, 6) is -0.712. The molecule has 10 heteroatoms. The zero-order valence-electron chi connectivity index (χ0n) is 19.0. The first-order valence-electron chi connectivity index (χ1n) is 10.4. The zero-order valence-corrected chi connectivity index (χ0v) is 19.8. The highest BCUT2D eigenvalue weighted by atomic mass is 32.2. The lowest BCUT2D eigenvalue weighted by atomic mass is 10.0. The molecule has 2 unspecified atom stereocenters. The molecule has 0 aliphatic rings. The monoisotopic (exact) mass is 456 g/mol. The zero-order chi connectivity index (χ0) is 23.6. The van der Waals surface area contributed by atoms with Crippen LogP contribution in [0.25, 0.3) is 0 Å². The molecule has 0 aliphatic heterocycles. The molecule has 0 fully saturated rings. The molecule has 31 heavy (non-hydrogen) atoms. The Hall–Kier alpha value is -2.01. The van der Waals surface area contributed by atoms with Crippen LogP contribution in [-0.4, -0.2) is 80.8 Å². The Balaban J connectivity index is 2.99. The van der Waals surface area contributed by atoms with Gasteiger partial charge in [0.25, 0.3) is 0 Å². The number of carbonyl (C=O) groups is 2. The third-order valence-electron chi connectivity index (χ3n) is 4.63. The van der Waals surface area contributed by atoms with Crippen LogP contribution in [0.3, 0.4) is 0 Å². The number of sulfonamides is 1. The molecule has 0 radical (unpaired) electrons. The fourth-order valence-electron chi connectivity index (χ4n) is 3.07. The maximum atomic E-state index is 12.7. The molecule has 0 aliphatic carbocycles. The van der Waals surface area contributed by atoms with E-state index in [2.05, 4.69) is 16.0 Å². The van der Waals surface area contributed by atoms with Crippen molar-refractivity contribution in [3.8, 4) is 0 Å². The summed E-state index contributed by atoms with van der Waals surface area (Å²) in [6.07, 6.45) is 0.272. The minimum Gasteiger partial charge on any atom is -0.390 e. The van der Waals surface area contributed by atoms with Crippen LogP contribution >= 0.6 is 0 Å². The number of benzene rings is 1. The van der Waals surface area contributed by atoms with Crippen LogP contribution in [0.1, 0.15) is 26.3 Å². The summed E-state index contributed by atoms with van der Waals surface area (Å²) < 4.78 is 25.6. The van der Waals surface area contributed by atoms with Crippen molar-refractivity contribution in [1.29, 1.82) is 0 Å². The quantitative estimate of drug-likeness (QED) is 0.323. The molecule has 0 aromatic heterocycles. The summed E-state index contributed by atoms with van der Waals surface area (Å²) in [7, 11) is -1.91. The average Bonchev–Trinajstić information content (AvgIpc) is 2.66. The van der Waals surface area contributed by atoms with Gasteiger partial charge >= 0.3 is 0 Å². The van der Waals surface area contributed by atoms with Gasteiger partial charge in [0.15, 0.2) is 0 Å². The number of nitrogens with one attached hydrogen (secondary N) is 3. The largest absolute Gasteiger partial charge is 0.390 e. The highest BCUT2D eigenvalue weighted by Crippen LogP contribution is 2.11. The summed E-state index contributed by atoms with van der Waals surface area (Å²) in [6, 6.07) is 7.74. The molecule has 3 atom stereocenters. The van der Waals surface area contributed by atoms with E-state index in [1.165, 1.54) is 4.31 Å². The summed E-state index contributed by atoms with van der Waals surface area (Å²) in [4.78, 5) is 24.4. The highest BCUT2D eigenvalue weighted by molar-refractivity contribution is 7.88. The van der Waals surface area contributed by atoms with Gasteiger partial charge in [-0.2, -0.15) is 4.31 Å². The third kappa shape index (κ3) is 10.2. The van der Waals surface area contributed by atoms with E-state index in [9.17, 15) is 23.1 Å². The van der Waals surface area contributed by atoms with Crippen molar-refractivity contribution >= 4 is 21.8 Å². The second-order valence-corrected chi connectivity index (χ2v) is 10.1. The van der Waals surface area contributed by atoms with E-state index in [0.29, 0.717) is 6.42 Å². The maximum absolute atomic E-state index is 12.7. The van der Waals surface area contributed by atoms with Crippen molar-refractivity contribution in [3.05, 3.63) is 35.9 Å². The number of likely N-dealkylation sites (N-methyl/N-ethyl adjacent to an activating group) is 1. The van der Waals surface area contributed by atoms with Gasteiger partial charge in [0.1, 0.15) is 6.04 Å². The molecular weight excluding hydrogens is 420 g/mol. The number of aliphatic hydroxyl groups is 1. The van der Waals surface area contributed by atoms with E-state index in [4.69, 9.17) is 0 Å². The summed E-state index contributed by atoms with van der Waals surface area (Å²) in [5.41, 5.74) is 0.883. The van der Waals surface area contributed by atoms with Gasteiger partial charge in [-0.05, 0) is 31.9 Å². The maximum Gasteiger partial charge on any atom is 0.242 e. The first-order valence-corrected chi connectivity index (χ1v) is 12.2. The van der Waals surface area contributed by atoms with E-state index in [1.807, 2.05) is 44.2 Å². The van der Waals surface area contributed by atoms with Crippen LogP contribution < -0.4 is 16.0 Å². The van der Waals surface area contributed by atoms with Gasteiger partial charge < -0.3 is 21.1 Å². The number of rotatable bonds is 13. The van der Waals surface area contributed by atoms with Crippen LogP contribution in [0.2, 0.25) is 0 Å². The van der Waals surface area contributed by atoms with Gasteiger partial charge in [0.2, 0.25) is 21.8 Å². The van der Waals surface area contributed by atoms with E-state index in [-0.39, 0.29) is 31.5 Å². The number of nitrogens with zero attached hydrogens (tertiary/aromatic N) is 1. The van der Waals surface area contributed by atoms with E-state index in [1.54, 1.807) is 14.0 Å². The van der Waals surface area contributed by atoms with Crippen LogP contribution in [0, 0.1) is 5.92 Å². The van der Waals surface area contributed by atoms with Crippen molar-refractivity contribution in [2.24, 2.45) is 5.92 Å². The predicted octanol–water partition coefficient (Wildman–Crippen LogP) is -0.283. The topological polar surface area (TPSA) is 128 Å². The fraction of sp³-hybridized carbons (Fsp3) is 0.619. The lowest BCUT2D eigenvalue weighted by molar-refractivity contribution is -0.129. The number of hydrogen-bond acceptors (Lipinski definition) is 6. The lowest BCUT2D eigenvalue weighted by Gasteiger charge is -2.30. The van der Waals surface area contributed by atoms with Crippen LogP contribution in [0.4, 0.5) is 0 Å². The van der Waals surface area contributed by atoms with Crippen molar-refractivity contribution < 1.29 is 23.1 Å². The fourth-order valence-corrected chi connectivity index (χ4v) is 4.06. The number of amides is 2. The number of aliphatic hydroxyl groups excluding tert-OH is 1. The Labute approximate surface area is 185 Å². The second kappa shape index (κ2) is 12.7. The first kappa shape index (κ1) is 27.0. The molecule has 176 valence electrons. The minimum absolute atomic E-state index is 0.0755. The van der Waals surface area contributed by atoms with Crippen LogP contribution in [-0.2, 0) is 26.0 Å². The molecule has 1 aromatic rings. The predicted molar refractivity (Wildman–Crippen MR) is 121 cm³/mol. The molecule has 2 amide bonds. The molecule has 0 saturated heterocycles. The van der Waals surface area contributed by atoms with Crippen molar-refractivity contribution in [3.63, 3.8) is 0 Å². The normalized spacial score (nSPS) is 14.8. The van der Waals surface area contributed by atoms with Gasteiger partial charge in [-0.3, -0.25) is 9.59 Å². The minimum atomic E-state index is -3.53. The molecule has 9 nitrogen and oxygen atoms in total. The molecule has 4 N–H and O–H groups in total. The number of hydrogen-bond donors (Lipinski definition) is 4. The third-order valence-corrected chi connectivity index (χ3v) is 5.86. The van der Waals surface area contributed by atoms with Crippen LogP contribution in [0.5, 0.6) is 0 Å². The first-order chi connectivity index (χ1) is 14.4. The standard InChI is InChI=1S/C21H36N4O5S/c1-15(2)13-25(31(5,29)30)14-19(26)18(11-17-9-7-6-8-10-17)24-21(28)16(3)23-20(27)12-22-4/h6-10,15-16,18-19,22,26H,11-14H2,1-5H3,(H,23,27)(H,24,28)/t16?,18?,19-/m1/s1. The average molecular weight is 457 g/mol. The highest BCUT2D eigenvalue weighted by Gasteiger charge is 2.29. The van der Waals surface area contributed by atoms with E-state index < -0.39 is 34.1 Å². The Kier molecular flexibility index (Phi) is 11.1. The summed E-state index contributed by atoms with van der Waals surface area (Å²) >= 11 is 0.